The van der Waals surface area contributed by atoms with Gasteiger partial charge in [-0.25, -0.2) is 4.98 Å². The maximum Gasteiger partial charge on any atom is 0.226 e. The van der Waals surface area contributed by atoms with Crippen molar-refractivity contribution < 1.29 is 14.0 Å². The lowest BCUT2D eigenvalue weighted by molar-refractivity contribution is -0.123. The van der Waals surface area contributed by atoms with Gasteiger partial charge in [0, 0.05) is 35.4 Å². The first-order valence-corrected chi connectivity index (χ1v) is 6.65. The maximum absolute atomic E-state index is 12.4. The molecule has 0 radical (unpaired) electrons. The number of pyridine rings is 1. The summed E-state index contributed by atoms with van der Waals surface area (Å²) in [5.41, 5.74) is 6.49. The normalized spacial score (nSPS) is 12.8. The minimum atomic E-state index is -0.405. The van der Waals surface area contributed by atoms with E-state index in [9.17, 15) is 9.59 Å². The quantitative estimate of drug-likeness (QED) is 0.876. The van der Waals surface area contributed by atoms with Gasteiger partial charge in [-0.05, 0) is 18.6 Å². The van der Waals surface area contributed by atoms with Crippen molar-refractivity contribution in [3.8, 4) is 0 Å². The number of Topliss-reactive ketones (excluding diaryl/α,β-unsaturated/α-hetero) is 1. The monoisotopic (exact) mass is 274 g/mol. The van der Waals surface area contributed by atoms with E-state index in [2.05, 4.69) is 4.98 Å². The Balaban J connectivity index is 2.39. The molecule has 0 aliphatic rings. The van der Waals surface area contributed by atoms with E-state index in [1.807, 2.05) is 19.9 Å². The van der Waals surface area contributed by atoms with Crippen LogP contribution in [0.1, 0.15) is 38.2 Å². The molecule has 0 saturated heterocycles. The van der Waals surface area contributed by atoms with Crippen LogP contribution in [0.3, 0.4) is 0 Å². The van der Waals surface area contributed by atoms with Crippen molar-refractivity contribution in [2.45, 2.75) is 32.6 Å². The molecule has 0 spiro atoms. The van der Waals surface area contributed by atoms with E-state index < -0.39 is 5.91 Å². The number of aromatic nitrogens is 1. The molecule has 0 bridgehead atoms. The first-order chi connectivity index (χ1) is 9.50. The zero-order valence-corrected chi connectivity index (χ0v) is 11.6. The highest BCUT2D eigenvalue weighted by Gasteiger charge is 2.26. The molecule has 20 heavy (non-hydrogen) atoms. The number of nitrogens with two attached hydrogens (primary N) is 1. The number of primary amides is 1. The molecule has 5 heteroatoms. The first-order valence-electron chi connectivity index (χ1n) is 6.65. The van der Waals surface area contributed by atoms with E-state index >= 15 is 0 Å². The van der Waals surface area contributed by atoms with Gasteiger partial charge in [-0.3, -0.25) is 9.59 Å². The number of ketones is 1. The lowest BCUT2D eigenvalue weighted by atomic mass is 9.85. The third kappa shape index (κ3) is 2.87. The second kappa shape index (κ2) is 5.86. The van der Waals surface area contributed by atoms with Gasteiger partial charge in [-0.15, -0.1) is 0 Å². The average Bonchev–Trinajstić information content (AvgIpc) is 2.82. The van der Waals surface area contributed by atoms with Crippen molar-refractivity contribution in [1.29, 1.82) is 0 Å². The van der Waals surface area contributed by atoms with Crippen LogP contribution >= 0.6 is 0 Å². The first kappa shape index (κ1) is 14.2. The SMILES string of the molecule is CC(C)C(=O)C(CCC(N)=O)c1coc2ncccc12. The van der Waals surface area contributed by atoms with Crippen LogP contribution in [0, 0.1) is 5.92 Å². The Labute approximate surface area is 117 Å². The number of hydrogen-bond donors (Lipinski definition) is 1. The molecule has 0 fully saturated rings. The molecule has 2 heterocycles. The number of hydrogen-bond acceptors (Lipinski definition) is 4. The summed E-state index contributed by atoms with van der Waals surface area (Å²) in [6, 6.07) is 3.67. The number of rotatable bonds is 6. The zero-order chi connectivity index (χ0) is 14.7. The molecule has 0 aromatic carbocycles. The van der Waals surface area contributed by atoms with Crippen molar-refractivity contribution in [2.75, 3.05) is 0 Å². The molecular weight excluding hydrogens is 256 g/mol. The largest absolute Gasteiger partial charge is 0.446 e. The zero-order valence-electron chi connectivity index (χ0n) is 11.6. The van der Waals surface area contributed by atoms with Gasteiger partial charge in [0.1, 0.15) is 5.78 Å². The van der Waals surface area contributed by atoms with Gasteiger partial charge in [0.15, 0.2) is 0 Å². The summed E-state index contributed by atoms with van der Waals surface area (Å²) >= 11 is 0. The summed E-state index contributed by atoms with van der Waals surface area (Å²) in [7, 11) is 0. The molecular formula is C15H18N2O3. The molecule has 2 aromatic heterocycles. The molecule has 2 aromatic rings. The van der Waals surface area contributed by atoms with Crippen LogP contribution in [-0.2, 0) is 9.59 Å². The van der Waals surface area contributed by atoms with Gasteiger partial charge in [-0.2, -0.15) is 0 Å². The number of carbonyl (C=O) groups is 2. The molecule has 5 nitrogen and oxygen atoms in total. The molecule has 0 saturated carbocycles. The Bertz CT molecular complexity index is 631. The van der Waals surface area contributed by atoms with E-state index in [1.54, 1.807) is 18.5 Å². The second-order valence-electron chi connectivity index (χ2n) is 5.16. The van der Waals surface area contributed by atoms with Crippen LogP contribution in [-0.4, -0.2) is 16.7 Å². The fourth-order valence-corrected chi connectivity index (χ4v) is 2.30. The Kier molecular flexibility index (Phi) is 4.17. The van der Waals surface area contributed by atoms with Crippen LogP contribution in [0.25, 0.3) is 11.1 Å². The van der Waals surface area contributed by atoms with Crippen molar-refractivity contribution in [3.63, 3.8) is 0 Å². The summed E-state index contributed by atoms with van der Waals surface area (Å²) in [6.07, 6.45) is 3.77. The Hall–Kier alpha value is -2.17. The van der Waals surface area contributed by atoms with Crippen LogP contribution in [0.4, 0.5) is 0 Å². The van der Waals surface area contributed by atoms with E-state index in [0.29, 0.717) is 12.1 Å². The summed E-state index contributed by atoms with van der Waals surface area (Å²) in [6.45, 7) is 3.69. The van der Waals surface area contributed by atoms with Crippen LogP contribution in [0.15, 0.2) is 29.0 Å². The van der Waals surface area contributed by atoms with Crippen LogP contribution < -0.4 is 5.73 Å². The third-order valence-electron chi connectivity index (χ3n) is 3.35. The number of amides is 1. The maximum atomic E-state index is 12.4. The van der Waals surface area contributed by atoms with Crippen molar-refractivity contribution in [2.24, 2.45) is 11.7 Å². The van der Waals surface area contributed by atoms with Gasteiger partial charge < -0.3 is 10.2 Å². The van der Waals surface area contributed by atoms with Crippen molar-refractivity contribution in [3.05, 3.63) is 30.2 Å². The van der Waals surface area contributed by atoms with E-state index in [-0.39, 0.29) is 24.0 Å². The number of nitrogens with zero attached hydrogens (tertiary/aromatic N) is 1. The van der Waals surface area contributed by atoms with Crippen LogP contribution in [0.5, 0.6) is 0 Å². The smallest absolute Gasteiger partial charge is 0.226 e. The summed E-state index contributed by atoms with van der Waals surface area (Å²) in [5.74, 6) is -0.822. The predicted octanol–water partition coefficient (Wildman–Crippen LogP) is 2.40. The van der Waals surface area contributed by atoms with Crippen LogP contribution in [0.2, 0.25) is 0 Å². The van der Waals surface area contributed by atoms with Gasteiger partial charge in [0.2, 0.25) is 11.6 Å². The molecule has 1 unspecified atom stereocenters. The average molecular weight is 274 g/mol. The molecule has 2 rings (SSSR count). The highest BCUT2D eigenvalue weighted by atomic mass is 16.3. The number of carbonyl (C=O) groups excluding carboxylic acids is 2. The number of furan rings is 1. The lowest BCUT2D eigenvalue weighted by Crippen LogP contribution is -2.20. The fraction of sp³-hybridized carbons (Fsp3) is 0.400. The second-order valence-corrected chi connectivity index (χ2v) is 5.16. The van der Waals surface area contributed by atoms with Gasteiger partial charge in [-0.1, -0.05) is 13.8 Å². The topological polar surface area (TPSA) is 86.2 Å². The predicted molar refractivity (Wildman–Crippen MR) is 75.0 cm³/mol. The molecule has 2 N–H and O–H groups in total. The summed E-state index contributed by atoms with van der Waals surface area (Å²) in [5, 5.41) is 0.816. The van der Waals surface area contributed by atoms with E-state index in [4.69, 9.17) is 10.2 Å². The summed E-state index contributed by atoms with van der Waals surface area (Å²) in [4.78, 5) is 27.5. The molecule has 1 atom stereocenters. The minimum Gasteiger partial charge on any atom is -0.446 e. The van der Waals surface area contributed by atoms with Gasteiger partial charge >= 0.3 is 0 Å². The van der Waals surface area contributed by atoms with E-state index in [1.165, 1.54) is 0 Å². The van der Waals surface area contributed by atoms with E-state index in [0.717, 1.165) is 10.9 Å². The molecule has 1 amide bonds. The summed E-state index contributed by atoms with van der Waals surface area (Å²) < 4.78 is 5.39. The highest BCUT2D eigenvalue weighted by molar-refractivity contribution is 5.92. The van der Waals surface area contributed by atoms with Crippen molar-refractivity contribution >= 4 is 22.8 Å². The molecule has 0 aliphatic heterocycles. The Morgan fingerprint density at radius 1 is 1.40 bits per heavy atom. The lowest BCUT2D eigenvalue weighted by Gasteiger charge is -2.16. The fourth-order valence-electron chi connectivity index (χ4n) is 2.30. The van der Waals surface area contributed by atoms with Gasteiger partial charge in [0.05, 0.1) is 6.26 Å². The standard InChI is InChI=1S/C15H18N2O3/c1-9(2)14(19)10(5-6-13(16)18)12-8-20-15-11(12)4-3-7-17-15/h3-4,7-10H,5-6H2,1-2H3,(H2,16,18). The van der Waals surface area contributed by atoms with Gasteiger partial charge in [0.25, 0.3) is 0 Å². The number of fused-ring (bicyclic) bond motifs is 1. The molecule has 106 valence electrons. The minimum absolute atomic E-state index is 0.0813. The Morgan fingerprint density at radius 3 is 2.80 bits per heavy atom. The Morgan fingerprint density at radius 2 is 2.15 bits per heavy atom. The highest BCUT2D eigenvalue weighted by Crippen LogP contribution is 2.32. The molecule has 0 aliphatic carbocycles. The third-order valence-corrected chi connectivity index (χ3v) is 3.35. The van der Waals surface area contributed by atoms with Crippen molar-refractivity contribution in [1.82, 2.24) is 4.98 Å².